The van der Waals surface area contributed by atoms with E-state index in [0.29, 0.717) is 22.3 Å². The molecule has 1 N–H and O–H groups in total. The number of hydrogen-bond donors (Lipinski definition) is 1. The van der Waals surface area contributed by atoms with E-state index >= 15 is 0 Å². The second kappa shape index (κ2) is 9.54. The van der Waals surface area contributed by atoms with Crippen molar-refractivity contribution in [2.24, 2.45) is 5.11 Å². The second-order valence-electron chi connectivity index (χ2n) is 7.06. The molecule has 1 fully saturated rings. The Morgan fingerprint density at radius 3 is 2.41 bits per heavy atom. The first kappa shape index (κ1) is 21.4. The predicted octanol–water partition coefficient (Wildman–Crippen LogP) is 4.11. The van der Waals surface area contributed by atoms with Gasteiger partial charge in [-0.05, 0) is 35.9 Å². The smallest absolute Gasteiger partial charge is 0.173 e. The van der Waals surface area contributed by atoms with Crippen LogP contribution < -0.4 is 19.7 Å². The molecule has 3 aromatic rings. The van der Waals surface area contributed by atoms with E-state index < -0.39 is 0 Å². The molecule has 1 aliphatic heterocycles. The fraction of sp³-hybridized carbons (Fsp3) is 0.286. The second-order valence-corrected chi connectivity index (χ2v) is 7.45. The fourth-order valence-corrected chi connectivity index (χ4v) is 3.91. The van der Waals surface area contributed by atoms with Crippen LogP contribution in [0, 0.1) is 0 Å². The summed E-state index contributed by atoms with van der Waals surface area (Å²) >= 11 is 5.59. The highest BCUT2D eigenvalue weighted by molar-refractivity contribution is 7.80. The maximum absolute atomic E-state index is 8.51. The molecule has 10 nitrogen and oxygen atoms in total. The summed E-state index contributed by atoms with van der Waals surface area (Å²) in [5.41, 5.74) is 10.7. The van der Waals surface area contributed by atoms with Crippen LogP contribution in [0.4, 0.5) is 17.2 Å². The van der Waals surface area contributed by atoms with Crippen LogP contribution in [0.25, 0.3) is 21.3 Å². The molecule has 0 bridgehead atoms. The average molecular weight is 451 g/mol. The van der Waals surface area contributed by atoms with Gasteiger partial charge in [-0.3, -0.25) is 0 Å². The van der Waals surface area contributed by atoms with Gasteiger partial charge in [0.05, 0.1) is 19.7 Å². The molecule has 32 heavy (non-hydrogen) atoms. The number of piperazine rings is 1. The quantitative estimate of drug-likeness (QED) is 0.268. The van der Waals surface area contributed by atoms with E-state index in [1.165, 1.54) is 0 Å². The van der Waals surface area contributed by atoms with E-state index in [0.717, 1.165) is 48.6 Å². The Morgan fingerprint density at radius 2 is 1.75 bits per heavy atom. The van der Waals surface area contributed by atoms with Gasteiger partial charge in [0.2, 0.25) is 0 Å². The third-order valence-corrected chi connectivity index (χ3v) is 5.63. The van der Waals surface area contributed by atoms with E-state index in [1.807, 2.05) is 24.3 Å². The van der Waals surface area contributed by atoms with Crippen molar-refractivity contribution in [2.75, 3.05) is 50.6 Å². The Hall–Kier alpha value is -3.82. The van der Waals surface area contributed by atoms with Gasteiger partial charge in [-0.25, -0.2) is 9.97 Å². The van der Waals surface area contributed by atoms with Gasteiger partial charge >= 0.3 is 0 Å². The maximum Gasteiger partial charge on any atom is 0.173 e. The number of nitrogens with zero attached hydrogens (tertiary/aromatic N) is 7. The zero-order valence-electron chi connectivity index (χ0n) is 17.7. The highest BCUT2D eigenvalue weighted by atomic mass is 32.1. The Morgan fingerprint density at radius 1 is 1.06 bits per heavy atom. The number of fused-ring (bicyclic) bond motifs is 1. The van der Waals surface area contributed by atoms with Crippen molar-refractivity contribution < 1.29 is 9.47 Å². The lowest BCUT2D eigenvalue weighted by Gasteiger charge is -2.37. The topological polar surface area (TPSA) is 112 Å². The van der Waals surface area contributed by atoms with Gasteiger partial charge in [0.15, 0.2) is 16.6 Å². The molecule has 4 rings (SSSR count). The molecule has 0 unspecified atom stereocenters. The highest BCUT2D eigenvalue weighted by Crippen LogP contribution is 2.35. The molecule has 0 aliphatic carbocycles. The van der Waals surface area contributed by atoms with Crippen LogP contribution in [-0.4, -0.2) is 60.4 Å². The number of hydrogen-bond acceptors (Lipinski definition) is 7. The van der Waals surface area contributed by atoms with Gasteiger partial charge in [-0.15, -0.1) is 0 Å². The molecule has 1 saturated heterocycles. The number of ether oxygens (including phenoxy) is 2. The minimum Gasteiger partial charge on any atom is -0.493 e. The lowest BCUT2D eigenvalue weighted by atomic mass is 10.2. The van der Waals surface area contributed by atoms with Crippen LogP contribution in [0.2, 0.25) is 0 Å². The Bertz CT molecular complexity index is 1170. The Balaban J connectivity index is 1.44. The van der Waals surface area contributed by atoms with Gasteiger partial charge in [-0.2, -0.15) is 0 Å². The molecule has 0 saturated carbocycles. The molecule has 0 spiro atoms. The van der Waals surface area contributed by atoms with Crippen molar-refractivity contribution >= 4 is 45.4 Å². The number of azide groups is 1. The molecule has 0 atom stereocenters. The molecule has 2 aromatic carbocycles. The molecule has 2 heterocycles. The van der Waals surface area contributed by atoms with E-state index in [-0.39, 0.29) is 0 Å². The molecule has 164 valence electrons. The monoisotopic (exact) mass is 450 g/mol. The van der Waals surface area contributed by atoms with Crippen molar-refractivity contribution in [1.29, 1.82) is 0 Å². The number of rotatable bonds is 5. The summed E-state index contributed by atoms with van der Waals surface area (Å²) in [6.07, 6.45) is 1.57. The molecular weight excluding hydrogens is 428 g/mol. The number of thiocarbonyl (C=S) groups is 1. The maximum atomic E-state index is 8.51. The Labute approximate surface area is 190 Å². The molecule has 0 radical (unpaired) electrons. The normalized spacial score (nSPS) is 13.4. The highest BCUT2D eigenvalue weighted by Gasteiger charge is 2.22. The minimum atomic E-state index is 0.559. The van der Waals surface area contributed by atoms with Gasteiger partial charge < -0.3 is 24.6 Å². The van der Waals surface area contributed by atoms with Crippen molar-refractivity contribution in [3.05, 3.63) is 53.2 Å². The summed E-state index contributed by atoms with van der Waals surface area (Å²) in [5, 5.41) is 8.38. The van der Waals surface area contributed by atoms with Crippen LogP contribution >= 0.6 is 12.2 Å². The number of benzene rings is 2. The van der Waals surface area contributed by atoms with Gasteiger partial charge in [0.25, 0.3) is 0 Å². The summed E-state index contributed by atoms with van der Waals surface area (Å²) in [6.45, 7) is 3.03. The summed E-state index contributed by atoms with van der Waals surface area (Å²) < 4.78 is 10.8. The molecule has 11 heteroatoms. The molecule has 0 amide bonds. The molecule has 1 aliphatic rings. The molecular formula is C21H22N8O2S. The first-order valence-corrected chi connectivity index (χ1v) is 10.4. The largest absolute Gasteiger partial charge is 0.493 e. The van der Waals surface area contributed by atoms with Crippen molar-refractivity contribution in [1.82, 2.24) is 14.9 Å². The van der Waals surface area contributed by atoms with Crippen LogP contribution in [-0.2, 0) is 0 Å². The predicted molar refractivity (Wildman–Crippen MR) is 128 cm³/mol. The van der Waals surface area contributed by atoms with E-state index in [2.05, 4.69) is 35.1 Å². The van der Waals surface area contributed by atoms with E-state index in [9.17, 15) is 0 Å². The van der Waals surface area contributed by atoms with Crippen molar-refractivity contribution in [3.8, 4) is 11.5 Å². The first-order chi connectivity index (χ1) is 15.6. The Kier molecular flexibility index (Phi) is 6.39. The van der Waals surface area contributed by atoms with Gasteiger partial charge in [0.1, 0.15) is 12.1 Å². The summed E-state index contributed by atoms with van der Waals surface area (Å²) in [5.74, 6) is 2.15. The van der Waals surface area contributed by atoms with Crippen LogP contribution in [0.3, 0.4) is 0 Å². The van der Waals surface area contributed by atoms with Gasteiger partial charge in [-0.1, -0.05) is 17.2 Å². The number of aromatic nitrogens is 2. The number of methoxy groups -OCH3 is 2. The SMILES string of the molecule is COc1cc2ncnc(N3CCN(C(=S)Nc4ccc(N=[N+]=[N-])cc4)CC3)c2cc1OC. The lowest BCUT2D eigenvalue weighted by Crippen LogP contribution is -2.50. The standard InChI is InChI=1S/C21H22N8O2S/c1-30-18-11-16-17(12-19(18)31-2)23-13-24-20(16)28-7-9-29(10-8-28)21(32)25-14-3-5-15(6-4-14)26-27-22/h3-6,11-13H,7-10H2,1-2H3,(H,25,32). The van der Waals surface area contributed by atoms with E-state index in [1.54, 1.807) is 32.7 Å². The third kappa shape index (κ3) is 4.43. The minimum absolute atomic E-state index is 0.559. The van der Waals surface area contributed by atoms with Crippen LogP contribution in [0.5, 0.6) is 11.5 Å². The lowest BCUT2D eigenvalue weighted by molar-refractivity contribution is 0.355. The summed E-state index contributed by atoms with van der Waals surface area (Å²) in [4.78, 5) is 16.1. The van der Waals surface area contributed by atoms with Gasteiger partial charge in [0, 0.05) is 53.9 Å². The first-order valence-electron chi connectivity index (χ1n) is 9.95. The van der Waals surface area contributed by atoms with Crippen molar-refractivity contribution in [2.45, 2.75) is 0 Å². The molecule has 1 aromatic heterocycles. The van der Waals surface area contributed by atoms with Crippen molar-refractivity contribution in [3.63, 3.8) is 0 Å². The fourth-order valence-electron chi connectivity index (χ4n) is 3.61. The summed E-state index contributed by atoms with van der Waals surface area (Å²) in [7, 11) is 3.22. The van der Waals surface area contributed by atoms with Crippen LogP contribution in [0.15, 0.2) is 47.8 Å². The zero-order chi connectivity index (χ0) is 22.5. The number of nitrogens with one attached hydrogen (secondary N) is 1. The van der Waals surface area contributed by atoms with E-state index in [4.69, 9.17) is 27.2 Å². The summed E-state index contributed by atoms with van der Waals surface area (Å²) in [6, 6.07) is 10.9. The van der Waals surface area contributed by atoms with Crippen LogP contribution in [0.1, 0.15) is 0 Å². The average Bonchev–Trinajstić information content (AvgIpc) is 2.84. The number of anilines is 2. The zero-order valence-corrected chi connectivity index (χ0v) is 18.5. The third-order valence-electron chi connectivity index (χ3n) is 5.26.